The van der Waals surface area contributed by atoms with E-state index in [-0.39, 0.29) is 11.9 Å². The van der Waals surface area contributed by atoms with E-state index >= 15 is 0 Å². The van der Waals surface area contributed by atoms with E-state index in [0.717, 1.165) is 10.0 Å². The van der Waals surface area contributed by atoms with Crippen molar-refractivity contribution in [2.24, 2.45) is 0 Å². The molecule has 1 saturated heterocycles. The summed E-state index contributed by atoms with van der Waals surface area (Å²) >= 11 is 3.42. The lowest BCUT2D eigenvalue weighted by Crippen LogP contribution is -2.48. The number of rotatable bonds is 5. The van der Waals surface area contributed by atoms with Crippen LogP contribution in [0.5, 0.6) is 0 Å². The summed E-state index contributed by atoms with van der Waals surface area (Å²) in [5.74, 6) is -0.364. The molecule has 0 N–H and O–H groups in total. The highest BCUT2D eigenvalue weighted by molar-refractivity contribution is 9.10. The Labute approximate surface area is 161 Å². The lowest BCUT2D eigenvalue weighted by molar-refractivity contribution is -0.0606. The van der Waals surface area contributed by atoms with Gasteiger partial charge in [0.2, 0.25) is 0 Å². The number of hydrogen-bond donors (Lipinski definition) is 0. The number of carbonyl (C=O) groups is 1. The van der Waals surface area contributed by atoms with Crippen LogP contribution in [-0.4, -0.2) is 17.5 Å². The molecule has 1 aliphatic rings. The van der Waals surface area contributed by atoms with Gasteiger partial charge in [0.15, 0.2) is 0 Å². The maximum atomic E-state index is 14.4. The molecule has 0 radical (unpaired) electrons. The molecule has 3 rings (SSSR count). The van der Waals surface area contributed by atoms with Crippen molar-refractivity contribution in [2.45, 2.75) is 31.4 Å². The summed E-state index contributed by atoms with van der Waals surface area (Å²) in [6.45, 7) is 6.21. The first-order valence-corrected chi connectivity index (χ1v) is 9.37. The minimum Gasteiger partial charge on any atom is -0.437 e. The van der Waals surface area contributed by atoms with E-state index in [1.54, 1.807) is 29.2 Å². The molecule has 1 aliphatic heterocycles. The van der Waals surface area contributed by atoms with Crippen molar-refractivity contribution in [3.8, 4) is 0 Å². The second-order valence-corrected chi connectivity index (χ2v) is 7.42. The van der Waals surface area contributed by atoms with Crippen LogP contribution in [0.2, 0.25) is 0 Å². The van der Waals surface area contributed by atoms with Gasteiger partial charge >= 0.3 is 6.09 Å². The molecule has 2 atom stereocenters. The largest absolute Gasteiger partial charge is 0.437 e. The third kappa shape index (κ3) is 3.54. The quantitative estimate of drug-likeness (QED) is 0.561. The highest BCUT2D eigenvalue weighted by Crippen LogP contribution is 2.40. The molecule has 0 aliphatic carbocycles. The Hall–Kier alpha value is -2.14. The van der Waals surface area contributed by atoms with Gasteiger partial charge in [-0.3, -0.25) is 0 Å². The zero-order chi connectivity index (χ0) is 18.7. The van der Waals surface area contributed by atoms with E-state index in [1.165, 1.54) is 6.07 Å². The number of carbonyl (C=O) groups excluding carboxylic acids is 1. The van der Waals surface area contributed by atoms with Gasteiger partial charge in [0.25, 0.3) is 0 Å². The Kier molecular flexibility index (Phi) is 5.47. The molecule has 2 aromatic rings. The Balaban J connectivity index is 1.85. The van der Waals surface area contributed by atoms with Crippen molar-refractivity contribution in [2.75, 3.05) is 6.54 Å². The SMILES string of the molecule is C=CCC1(c2ccccc2F)CCN([C@@H](C)c2ccc(Br)cc2)C(=O)O1. The molecule has 2 aromatic carbocycles. The molecule has 0 aromatic heterocycles. The highest BCUT2D eigenvalue weighted by atomic mass is 79.9. The Bertz CT molecular complexity index is 808. The van der Waals surface area contributed by atoms with Crippen molar-refractivity contribution in [3.05, 3.63) is 82.6 Å². The van der Waals surface area contributed by atoms with Crippen LogP contribution in [0.25, 0.3) is 0 Å². The Morgan fingerprint density at radius 2 is 2.00 bits per heavy atom. The van der Waals surface area contributed by atoms with Crippen LogP contribution >= 0.6 is 15.9 Å². The summed E-state index contributed by atoms with van der Waals surface area (Å²) in [7, 11) is 0. The predicted octanol–water partition coefficient (Wildman–Crippen LogP) is 5.96. The minimum atomic E-state index is -1.000. The molecule has 1 amide bonds. The van der Waals surface area contributed by atoms with Crippen LogP contribution in [0.3, 0.4) is 0 Å². The van der Waals surface area contributed by atoms with Gasteiger partial charge in [-0.2, -0.15) is 0 Å². The molecule has 5 heteroatoms. The normalized spacial score (nSPS) is 21.2. The fourth-order valence-corrected chi connectivity index (χ4v) is 3.71. The number of halogens is 2. The van der Waals surface area contributed by atoms with Gasteiger partial charge in [-0.15, -0.1) is 6.58 Å². The molecule has 26 heavy (non-hydrogen) atoms. The van der Waals surface area contributed by atoms with Gasteiger partial charge in [-0.1, -0.05) is 52.3 Å². The van der Waals surface area contributed by atoms with Crippen molar-refractivity contribution in [3.63, 3.8) is 0 Å². The van der Waals surface area contributed by atoms with Gasteiger partial charge in [0.05, 0.1) is 6.04 Å². The van der Waals surface area contributed by atoms with E-state index in [9.17, 15) is 9.18 Å². The average Bonchev–Trinajstić information content (AvgIpc) is 2.62. The molecular weight excluding hydrogens is 397 g/mol. The van der Waals surface area contributed by atoms with Crippen molar-refractivity contribution < 1.29 is 13.9 Å². The highest BCUT2D eigenvalue weighted by Gasteiger charge is 2.44. The Morgan fingerprint density at radius 1 is 1.31 bits per heavy atom. The summed E-state index contributed by atoms with van der Waals surface area (Å²) < 4.78 is 21.2. The lowest BCUT2D eigenvalue weighted by Gasteiger charge is -2.43. The third-order valence-electron chi connectivity index (χ3n) is 4.93. The van der Waals surface area contributed by atoms with Crippen LogP contribution in [0.4, 0.5) is 9.18 Å². The summed E-state index contributed by atoms with van der Waals surface area (Å²) in [5, 5.41) is 0. The molecule has 1 heterocycles. The zero-order valence-corrected chi connectivity index (χ0v) is 16.2. The smallest absolute Gasteiger partial charge is 0.411 e. The molecule has 136 valence electrons. The van der Waals surface area contributed by atoms with Crippen LogP contribution in [0.15, 0.2) is 65.7 Å². The van der Waals surface area contributed by atoms with E-state index in [0.29, 0.717) is 24.9 Å². The summed E-state index contributed by atoms with van der Waals surface area (Å²) in [5.41, 5.74) is 0.427. The van der Waals surface area contributed by atoms with E-state index in [1.807, 2.05) is 31.2 Å². The van der Waals surface area contributed by atoms with E-state index in [2.05, 4.69) is 22.5 Å². The molecule has 3 nitrogen and oxygen atoms in total. The van der Waals surface area contributed by atoms with Crippen LogP contribution in [0, 0.1) is 5.82 Å². The number of ether oxygens (including phenoxy) is 1. The number of cyclic esters (lactones) is 1. The van der Waals surface area contributed by atoms with Gasteiger partial charge in [-0.25, -0.2) is 9.18 Å². The van der Waals surface area contributed by atoms with Gasteiger partial charge < -0.3 is 9.64 Å². The molecule has 0 spiro atoms. The maximum Gasteiger partial charge on any atom is 0.411 e. The fraction of sp³-hybridized carbons (Fsp3) is 0.286. The summed E-state index contributed by atoms with van der Waals surface area (Å²) in [4.78, 5) is 14.5. The number of nitrogens with zero attached hydrogens (tertiary/aromatic N) is 1. The predicted molar refractivity (Wildman–Crippen MR) is 103 cm³/mol. The summed E-state index contributed by atoms with van der Waals surface area (Å²) in [6.07, 6.45) is 2.12. The second-order valence-electron chi connectivity index (χ2n) is 6.51. The number of hydrogen-bond acceptors (Lipinski definition) is 2. The second kappa shape index (κ2) is 7.62. The van der Waals surface area contributed by atoms with Crippen LogP contribution < -0.4 is 0 Å². The third-order valence-corrected chi connectivity index (χ3v) is 5.46. The van der Waals surface area contributed by atoms with Crippen LogP contribution in [0.1, 0.15) is 36.9 Å². The average molecular weight is 418 g/mol. The molecule has 1 unspecified atom stereocenters. The number of amides is 1. The van der Waals surface area contributed by atoms with Crippen LogP contribution in [-0.2, 0) is 10.3 Å². The van der Waals surface area contributed by atoms with E-state index < -0.39 is 11.7 Å². The summed E-state index contributed by atoms with van der Waals surface area (Å²) in [6, 6.07) is 14.2. The molecule has 1 fully saturated rings. The van der Waals surface area contributed by atoms with Gasteiger partial charge in [0.1, 0.15) is 11.4 Å². The Morgan fingerprint density at radius 3 is 2.62 bits per heavy atom. The van der Waals surface area contributed by atoms with Crippen molar-refractivity contribution >= 4 is 22.0 Å². The molecular formula is C21H21BrFNO2. The zero-order valence-electron chi connectivity index (χ0n) is 14.6. The number of benzene rings is 2. The first kappa shape index (κ1) is 18.6. The first-order valence-electron chi connectivity index (χ1n) is 8.58. The van der Waals surface area contributed by atoms with Gasteiger partial charge in [0, 0.05) is 29.4 Å². The maximum absolute atomic E-state index is 14.4. The molecule has 0 saturated carbocycles. The van der Waals surface area contributed by atoms with E-state index in [4.69, 9.17) is 4.74 Å². The molecule has 0 bridgehead atoms. The van der Waals surface area contributed by atoms with Crippen molar-refractivity contribution in [1.29, 1.82) is 0 Å². The topological polar surface area (TPSA) is 29.5 Å². The van der Waals surface area contributed by atoms with Crippen molar-refractivity contribution in [1.82, 2.24) is 4.90 Å². The minimum absolute atomic E-state index is 0.127. The van der Waals surface area contributed by atoms with Gasteiger partial charge in [-0.05, 0) is 30.7 Å². The lowest BCUT2D eigenvalue weighted by atomic mass is 9.85. The monoisotopic (exact) mass is 417 g/mol. The standard InChI is InChI=1S/C21H21BrFNO2/c1-3-12-21(18-6-4-5-7-19(18)23)13-14-24(20(25)26-21)15(2)16-8-10-17(22)11-9-16/h3-11,15H,1,12-14H2,2H3/t15-,21?/m0/s1. The first-order chi connectivity index (χ1) is 12.5. The fourth-order valence-electron chi connectivity index (χ4n) is 3.45.